The molecule has 150 valence electrons. The summed E-state index contributed by atoms with van der Waals surface area (Å²) in [6, 6.07) is 10.7. The summed E-state index contributed by atoms with van der Waals surface area (Å²) in [4.78, 5) is 28.9. The van der Waals surface area contributed by atoms with Gasteiger partial charge >= 0.3 is 5.97 Å². The van der Waals surface area contributed by atoms with Crippen LogP contribution in [0.15, 0.2) is 47.4 Å². The normalized spacial score (nSPS) is 11.2. The van der Waals surface area contributed by atoms with Crippen molar-refractivity contribution in [2.75, 3.05) is 6.61 Å². The lowest BCUT2D eigenvalue weighted by molar-refractivity contribution is 0.0696. The van der Waals surface area contributed by atoms with Gasteiger partial charge in [-0.1, -0.05) is 38.5 Å². The minimum absolute atomic E-state index is 0.0501. The van der Waals surface area contributed by atoms with Crippen LogP contribution in [-0.2, 0) is 6.42 Å². The number of para-hydroxylation sites is 1. The molecule has 0 aliphatic heterocycles. The molecule has 2 heterocycles. The molecular formula is C23H24N2O4. The number of pyridine rings is 1. The monoisotopic (exact) mass is 392 g/mol. The Hall–Kier alpha value is -3.41. The molecule has 1 N–H and O–H groups in total. The number of aromatic carboxylic acids is 1. The Balaban J connectivity index is 2.08. The largest absolute Gasteiger partial charge is 0.493 e. The summed E-state index contributed by atoms with van der Waals surface area (Å²) >= 11 is 0. The molecule has 0 saturated carbocycles. The van der Waals surface area contributed by atoms with E-state index in [4.69, 9.17) is 4.74 Å². The highest BCUT2D eigenvalue weighted by Crippen LogP contribution is 2.21. The van der Waals surface area contributed by atoms with Gasteiger partial charge in [-0.15, -0.1) is 0 Å². The molecule has 6 heteroatoms. The molecule has 1 aromatic carbocycles. The number of aromatic nitrogens is 2. The Bertz CT molecular complexity index is 1120. The number of ether oxygens (including phenoxy) is 1. The van der Waals surface area contributed by atoms with Crippen molar-refractivity contribution in [3.63, 3.8) is 0 Å². The third-order valence-corrected chi connectivity index (χ3v) is 4.50. The van der Waals surface area contributed by atoms with E-state index in [0.717, 1.165) is 24.2 Å². The minimum Gasteiger partial charge on any atom is -0.493 e. The van der Waals surface area contributed by atoms with E-state index in [-0.39, 0.29) is 11.1 Å². The summed E-state index contributed by atoms with van der Waals surface area (Å²) in [5.41, 5.74) is 2.28. The number of hydrogen-bond donors (Lipinski definition) is 1. The number of benzene rings is 1. The number of carboxylic acid groups (broad SMARTS) is 1. The topological polar surface area (TPSA) is 80.9 Å². The zero-order valence-electron chi connectivity index (χ0n) is 16.6. The van der Waals surface area contributed by atoms with Crippen LogP contribution in [0.2, 0.25) is 0 Å². The standard InChI is InChI=1S/C23H24N2O4/c1-3-7-18-19(12-10-16-8-5-6-9-20(16)29-14-4-2)24-21-13-11-17(23(27)28)15-25(21)22(18)26/h5-6,8-13,15H,3-4,7,14H2,1-2H3,(H,27,28). The Labute approximate surface area is 169 Å². The van der Waals surface area contributed by atoms with Gasteiger partial charge < -0.3 is 9.84 Å². The van der Waals surface area contributed by atoms with Crippen molar-refractivity contribution in [2.24, 2.45) is 0 Å². The summed E-state index contributed by atoms with van der Waals surface area (Å²) in [6.07, 6.45) is 7.30. The lowest BCUT2D eigenvalue weighted by atomic mass is 10.1. The maximum atomic E-state index is 13.0. The van der Waals surface area contributed by atoms with Gasteiger partial charge in [0.1, 0.15) is 11.4 Å². The highest BCUT2D eigenvalue weighted by atomic mass is 16.5. The molecule has 6 nitrogen and oxygen atoms in total. The molecule has 3 rings (SSSR count). The first-order valence-electron chi connectivity index (χ1n) is 9.73. The first-order valence-corrected chi connectivity index (χ1v) is 9.73. The van der Waals surface area contributed by atoms with Gasteiger partial charge in [0, 0.05) is 17.3 Å². The van der Waals surface area contributed by atoms with Crippen LogP contribution in [0, 0.1) is 0 Å². The average Bonchev–Trinajstić information content (AvgIpc) is 2.73. The van der Waals surface area contributed by atoms with E-state index in [1.54, 1.807) is 6.07 Å². The van der Waals surface area contributed by atoms with E-state index in [0.29, 0.717) is 29.9 Å². The van der Waals surface area contributed by atoms with Crippen LogP contribution >= 0.6 is 0 Å². The Morgan fingerprint density at radius 1 is 1.14 bits per heavy atom. The van der Waals surface area contributed by atoms with Crippen LogP contribution in [0.3, 0.4) is 0 Å². The van der Waals surface area contributed by atoms with E-state index in [9.17, 15) is 14.7 Å². The van der Waals surface area contributed by atoms with Crippen LogP contribution < -0.4 is 10.3 Å². The van der Waals surface area contributed by atoms with Crippen molar-refractivity contribution in [2.45, 2.75) is 33.1 Å². The number of hydrogen-bond acceptors (Lipinski definition) is 4. The zero-order chi connectivity index (χ0) is 20.8. The maximum absolute atomic E-state index is 13.0. The van der Waals surface area contributed by atoms with E-state index >= 15 is 0 Å². The molecule has 3 aromatic rings. The minimum atomic E-state index is -1.08. The van der Waals surface area contributed by atoms with Crippen molar-refractivity contribution in [1.29, 1.82) is 0 Å². The van der Waals surface area contributed by atoms with Crippen LogP contribution in [0.1, 0.15) is 53.9 Å². The predicted molar refractivity (Wildman–Crippen MR) is 114 cm³/mol. The highest BCUT2D eigenvalue weighted by Gasteiger charge is 2.12. The Morgan fingerprint density at radius 2 is 1.93 bits per heavy atom. The number of carbonyl (C=O) groups is 1. The number of carboxylic acids is 1. The van der Waals surface area contributed by atoms with Crippen molar-refractivity contribution in [1.82, 2.24) is 9.38 Å². The van der Waals surface area contributed by atoms with Crippen LogP contribution in [-0.4, -0.2) is 27.1 Å². The summed E-state index contributed by atoms with van der Waals surface area (Å²) in [7, 11) is 0. The third kappa shape index (κ3) is 4.54. The van der Waals surface area contributed by atoms with E-state index in [1.807, 2.05) is 43.3 Å². The van der Waals surface area contributed by atoms with E-state index in [2.05, 4.69) is 11.9 Å². The molecule has 0 fully saturated rings. The third-order valence-electron chi connectivity index (χ3n) is 4.50. The molecule has 0 spiro atoms. The van der Waals surface area contributed by atoms with Crippen molar-refractivity contribution >= 4 is 23.8 Å². The zero-order valence-corrected chi connectivity index (χ0v) is 16.6. The average molecular weight is 392 g/mol. The number of nitrogens with zero attached hydrogens (tertiary/aromatic N) is 2. The van der Waals surface area contributed by atoms with Gasteiger partial charge in [-0.3, -0.25) is 9.20 Å². The van der Waals surface area contributed by atoms with Crippen molar-refractivity contribution in [3.05, 3.63) is 75.3 Å². The van der Waals surface area contributed by atoms with E-state index < -0.39 is 5.97 Å². The first kappa shape index (κ1) is 20.3. The Kier molecular flexibility index (Phi) is 6.44. The lowest BCUT2D eigenvalue weighted by Gasteiger charge is -2.10. The summed E-state index contributed by atoms with van der Waals surface area (Å²) in [6.45, 7) is 4.68. The fraction of sp³-hybridized carbons (Fsp3) is 0.261. The second kappa shape index (κ2) is 9.19. The summed E-state index contributed by atoms with van der Waals surface area (Å²) in [5.74, 6) is -0.297. The molecular weight excluding hydrogens is 368 g/mol. The van der Waals surface area contributed by atoms with Gasteiger partial charge in [0.25, 0.3) is 5.56 Å². The van der Waals surface area contributed by atoms with Crippen LogP contribution in [0.4, 0.5) is 0 Å². The van der Waals surface area contributed by atoms with E-state index in [1.165, 1.54) is 16.7 Å². The predicted octanol–water partition coefficient (Wildman–Crippen LogP) is 4.30. The SMILES string of the molecule is CCCOc1ccccc1C=Cc1nc2ccc(C(=O)O)cn2c(=O)c1CCC. The molecule has 0 saturated heterocycles. The summed E-state index contributed by atoms with van der Waals surface area (Å²) in [5, 5.41) is 9.20. The molecule has 2 aromatic heterocycles. The van der Waals surface area contributed by atoms with Gasteiger partial charge in [-0.2, -0.15) is 0 Å². The molecule has 0 atom stereocenters. The van der Waals surface area contributed by atoms with Gasteiger partial charge in [0.05, 0.1) is 17.9 Å². The van der Waals surface area contributed by atoms with Crippen molar-refractivity contribution < 1.29 is 14.6 Å². The molecule has 0 amide bonds. The number of rotatable bonds is 8. The second-order valence-electron chi connectivity index (χ2n) is 6.70. The second-order valence-corrected chi connectivity index (χ2v) is 6.70. The van der Waals surface area contributed by atoms with Crippen LogP contribution in [0.25, 0.3) is 17.8 Å². The van der Waals surface area contributed by atoms with Crippen LogP contribution in [0.5, 0.6) is 5.75 Å². The molecule has 0 bridgehead atoms. The van der Waals surface area contributed by atoms with Crippen molar-refractivity contribution in [3.8, 4) is 5.75 Å². The van der Waals surface area contributed by atoms with Gasteiger partial charge in [0.2, 0.25) is 0 Å². The smallest absolute Gasteiger partial charge is 0.337 e. The van der Waals surface area contributed by atoms with Gasteiger partial charge in [-0.05, 0) is 43.2 Å². The highest BCUT2D eigenvalue weighted by molar-refractivity contribution is 5.87. The molecule has 0 radical (unpaired) electrons. The fourth-order valence-corrected chi connectivity index (χ4v) is 3.07. The van der Waals surface area contributed by atoms with Gasteiger partial charge in [-0.25, -0.2) is 9.78 Å². The number of fused-ring (bicyclic) bond motifs is 1. The molecule has 0 aliphatic rings. The molecule has 0 unspecified atom stereocenters. The first-order chi connectivity index (χ1) is 14.0. The van der Waals surface area contributed by atoms with Gasteiger partial charge in [0.15, 0.2) is 0 Å². The quantitative estimate of drug-likeness (QED) is 0.618. The summed E-state index contributed by atoms with van der Waals surface area (Å²) < 4.78 is 7.10. The maximum Gasteiger partial charge on any atom is 0.337 e. The molecule has 29 heavy (non-hydrogen) atoms. The Morgan fingerprint density at radius 3 is 2.66 bits per heavy atom. The fourth-order valence-electron chi connectivity index (χ4n) is 3.07. The molecule has 0 aliphatic carbocycles. The lowest BCUT2D eigenvalue weighted by Crippen LogP contribution is -2.22.